The number of fused-ring (bicyclic) bond motifs is 3. The molecule has 0 saturated carbocycles. The molecule has 0 radical (unpaired) electrons. The molecular formula is C26H23N2S+. The first kappa shape index (κ1) is 18.0. The number of hydrogen-bond donors (Lipinski definition) is 0. The first-order valence-corrected chi connectivity index (χ1v) is 10.7. The molecule has 0 bridgehead atoms. The maximum Gasteiger partial charge on any atom is 0.211 e. The lowest BCUT2D eigenvalue weighted by atomic mass is 10.1. The van der Waals surface area contributed by atoms with Crippen molar-refractivity contribution in [1.29, 1.82) is 0 Å². The molecule has 2 nitrogen and oxygen atoms in total. The van der Waals surface area contributed by atoms with Crippen molar-refractivity contribution in [3.8, 4) is 5.69 Å². The third kappa shape index (κ3) is 3.12. The van der Waals surface area contributed by atoms with Crippen LogP contribution in [0.2, 0.25) is 0 Å². The summed E-state index contributed by atoms with van der Waals surface area (Å²) in [6.45, 7) is 4.35. The second kappa shape index (κ2) is 7.09. The molecule has 1 aliphatic heterocycles. The second-order valence-corrected chi connectivity index (χ2v) is 8.58. The van der Waals surface area contributed by atoms with Crippen LogP contribution in [0.15, 0.2) is 88.8 Å². The molecule has 0 amide bonds. The minimum Gasteiger partial charge on any atom is -0.338 e. The quantitative estimate of drug-likeness (QED) is 0.369. The monoisotopic (exact) mass is 395 g/mol. The molecule has 3 aromatic carbocycles. The third-order valence-electron chi connectivity index (χ3n) is 5.51. The zero-order valence-electron chi connectivity index (χ0n) is 16.9. The number of pyridine rings is 1. The largest absolute Gasteiger partial charge is 0.338 e. The maximum atomic E-state index is 2.32. The van der Waals surface area contributed by atoms with E-state index in [-0.39, 0.29) is 0 Å². The van der Waals surface area contributed by atoms with E-state index in [2.05, 4.69) is 115 Å². The molecule has 0 atom stereocenters. The third-order valence-corrected chi connectivity index (χ3v) is 6.66. The summed E-state index contributed by atoms with van der Waals surface area (Å²) in [6.07, 6.45) is 2.30. The van der Waals surface area contributed by atoms with Crippen LogP contribution in [0, 0.1) is 13.8 Å². The van der Waals surface area contributed by atoms with Crippen LogP contribution in [0.1, 0.15) is 17.0 Å². The Morgan fingerprint density at radius 3 is 2.28 bits per heavy atom. The molecule has 0 unspecified atom stereocenters. The molecule has 0 N–H and O–H groups in total. The average Bonchev–Trinajstić information content (AvgIpc) is 3.04. The Morgan fingerprint density at radius 1 is 0.828 bits per heavy atom. The molecule has 3 heteroatoms. The molecule has 1 aromatic heterocycles. The number of rotatable bonds is 2. The summed E-state index contributed by atoms with van der Waals surface area (Å²) in [5, 5.41) is 3.86. The molecule has 29 heavy (non-hydrogen) atoms. The van der Waals surface area contributed by atoms with E-state index < -0.39 is 0 Å². The van der Waals surface area contributed by atoms with Crippen molar-refractivity contribution in [3.63, 3.8) is 0 Å². The summed E-state index contributed by atoms with van der Waals surface area (Å²) in [5.41, 5.74) is 6.21. The number of hydrogen-bond acceptors (Lipinski definition) is 2. The van der Waals surface area contributed by atoms with Crippen LogP contribution in [0.25, 0.3) is 22.5 Å². The number of aromatic nitrogens is 1. The molecule has 1 aliphatic rings. The highest BCUT2D eigenvalue weighted by molar-refractivity contribution is 8.04. The fraction of sp³-hybridized carbons (Fsp3) is 0.115. The van der Waals surface area contributed by atoms with E-state index in [0.717, 1.165) is 0 Å². The van der Waals surface area contributed by atoms with Crippen LogP contribution in [0.4, 0.5) is 5.69 Å². The average molecular weight is 396 g/mol. The van der Waals surface area contributed by atoms with Crippen molar-refractivity contribution in [2.45, 2.75) is 18.7 Å². The van der Waals surface area contributed by atoms with Crippen LogP contribution in [-0.4, -0.2) is 7.05 Å². The van der Waals surface area contributed by atoms with E-state index in [1.54, 1.807) is 0 Å². The number of nitrogens with zero attached hydrogens (tertiary/aromatic N) is 2. The Hall–Kier alpha value is -3.04. The van der Waals surface area contributed by atoms with Gasteiger partial charge >= 0.3 is 0 Å². The SMILES string of the molecule is Cc1cc(C=C2Sc3ccc4ccccc4c3N2C)cc(C)[n+]1-c1ccccc1. The summed E-state index contributed by atoms with van der Waals surface area (Å²) < 4.78 is 2.30. The number of thioether (sulfide) groups is 1. The van der Waals surface area contributed by atoms with Gasteiger partial charge in [0.15, 0.2) is 11.4 Å². The van der Waals surface area contributed by atoms with Crippen LogP contribution in [0.5, 0.6) is 0 Å². The van der Waals surface area contributed by atoms with E-state index in [0.29, 0.717) is 0 Å². The second-order valence-electron chi connectivity index (χ2n) is 7.52. The van der Waals surface area contributed by atoms with Gasteiger partial charge in [-0.3, -0.25) is 0 Å². The molecule has 0 aliphatic carbocycles. The normalized spacial score (nSPS) is 14.6. The van der Waals surface area contributed by atoms with Gasteiger partial charge in [-0.25, -0.2) is 0 Å². The molecule has 4 aromatic rings. The summed E-state index contributed by atoms with van der Waals surface area (Å²) in [6, 6.07) is 28.2. The van der Waals surface area contributed by atoms with Gasteiger partial charge < -0.3 is 4.90 Å². The van der Waals surface area contributed by atoms with E-state index in [1.807, 2.05) is 11.8 Å². The first-order valence-electron chi connectivity index (χ1n) is 9.85. The highest BCUT2D eigenvalue weighted by Gasteiger charge is 2.24. The van der Waals surface area contributed by atoms with Crippen LogP contribution >= 0.6 is 11.8 Å². The van der Waals surface area contributed by atoms with E-state index in [9.17, 15) is 0 Å². The molecule has 0 spiro atoms. The Morgan fingerprint density at radius 2 is 1.52 bits per heavy atom. The molecular weight excluding hydrogens is 372 g/mol. The van der Waals surface area contributed by atoms with Crippen molar-refractivity contribution < 1.29 is 4.57 Å². The lowest BCUT2D eigenvalue weighted by Crippen LogP contribution is -2.37. The van der Waals surface area contributed by atoms with Crippen LogP contribution in [0.3, 0.4) is 0 Å². The van der Waals surface area contributed by atoms with Gasteiger partial charge in [0, 0.05) is 55.4 Å². The van der Waals surface area contributed by atoms with Gasteiger partial charge in [0.25, 0.3) is 0 Å². The predicted octanol–water partition coefficient (Wildman–Crippen LogP) is 6.27. The van der Waals surface area contributed by atoms with Crippen molar-refractivity contribution >= 4 is 34.3 Å². The Bertz CT molecular complexity index is 1240. The Kier molecular flexibility index (Phi) is 4.40. The van der Waals surface area contributed by atoms with Gasteiger partial charge in [0.05, 0.1) is 10.7 Å². The smallest absolute Gasteiger partial charge is 0.211 e. The van der Waals surface area contributed by atoms with Crippen molar-refractivity contribution in [2.24, 2.45) is 0 Å². The molecule has 5 rings (SSSR count). The topological polar surface area (TPSA) is 7.12 Å². The minimum atomic E-state index is 1.20. The van der Waals surface area contributed by atoms with E-state index in [4.69, 9.17) is 0 Å². The molecule has 0 saturated heterocycles. The predicted molar refractivity (Wildman–Crippen MR) is 124 cm³/mol. The Balaban J connectivity index is 1.55. The highest BCUT2D eigenvalue weighted by atomic mass is 32.2. The number of anilines is 1. The van der Waals surface area contributed by atoms with Crippen molar-refractivity contribution in [1.82, 2.24) is 0 Å². The van der Waals surface area contributed by atoms with E-state index in [1.165, 1.54) is 49.0 Å². The summed E-state index contributed by atoms with van der Waals surface area (Å²) in [5.74, 6) is 0. The lowest BCUT2D eigenvalue weighted by Gasteiger charge is -2.16. The molecule has 142 valence electrons. The number of benzene rings is 3. The fourth-order valence-electron chi connectivity index (χ4n) is 4.22. The van der Waals surface area contributed by atoms with Gasteiger partial charge in [-0.1, -0.05) is 60.3 Å². The van der Waals surface area contributed by atoms with Crippen molar-refractivity contribution in [2.75, 3.05) is 11.9 Å². The van der Waals surface area contributed by atoms with Gasteiger partial charge in [-0.2, -0.15) is 4.57 Å². The zero-order valence-corrected chi connectivity index (χ0v) is 17.7. The Labute approximate surface area is 176 Å². The van der Waals surface area contributed by atoms with Gasteiger partial charge in [0.2, 0.25) is 5.69 Å². The van der Waals surface area contributed by atoms with Gasteiger partial charge in [-0.05, 0) is 23.1 Å². The first-order chi connectivity index (χ1) is 14.1. The highest BCUT2D eigenvalue weighted by Crippen LogP contribution is 2.49. The summed E-state index contributed by atoms with van der Waals surface area (Å²) >= 11 is 1.85. The molecule has 0 fully saturated rings. The van der Waals surface area contributed by atoms with Crippen molar-refractivity contribution in [3.05, 3.63) is 101 Å². The molecule has 2 heterocycles. The lowest BCUT2D eigenvalue weighted by molar-refractivity contribution is -0.609. The standard InChI is InChI=1S/C26H23N2S/c1-18-15-20(16-19(2)28(18)22-10-5-4-6-11-22)17-25-27(3)26-23-12-8-7-9-21(23)13-14-24(26)29-25/h4-17H,1-3H3/q+1. The van der Waals surface area contributed by atoms with Crippen LogP contribution in [-0.2, 0) is 0 Å². The van der Waals surface area contributed by atoms with E-state index >= 15 is 0 Å². The van der Waals surface area contributed by atoms with Gasteiger partial charge in [0.1, 0.15) is 0 Å². The summed E-state index contributed by atoms with van der Waals surface area (Å²) in [7, 11) is 2.17. The summed E-state index contributed by atoms with van der Waals surface area (Å²) in [4.78, 5) is 3.65. The minimum absolute atomic E-state index is 1.20. The number of aryl methyl sites for hydroxylation is 2. The maximum absolute atomic E-state index is 2.32. The fourth-order valence-corrected chi connectivity index (χ4v) is 5.35. The van der Waals surface area contributed by atoms with Gasteiger partial charge in [-0.15, -0.1) is 0 Å². The van der Waals surface area contributed by atoms with Crippen LogP contribution < -0.4 is 9.47 Å². The zero-order chi connectivity index (χ0) is 20.0. The number of para-hydroxylation sites is 1.